The van der Waals surface area contributed by atoms with Crippen LogP contribution in [0.25, 0.3) is 0 Å². The van der Waals surface area contributed by atoms with Gasteiger partial charge < -0.3 is 10.5 Å². The maximum absolute atomic E-state index is 12.1. The lowest BCUT2D eigenvalue weighted by atomic mass is 10.2. The lowest BCUT2D eigenvalue weighted by Crippen LogP contribution is -2.10. The monoisotopic (exact) mass is 371 g/mol. The summed E-state index contributed by atoms with van der Waals surface area (Å²) in [5.74, 6) is -0.513. The lowest BCUT2D eigenvalue weighted by Gasteiger charge is -2.08. The number of hydrogen-bond donors (Lipinski definition) is 1. The Labute approximate surface area is 136 Å². The maximum Gasteiger partial charge on any atom is 0.340 e. The van der Waals surface area contributed by atoms with Crippen LogP contribution in [0.5, 0.6) is 0 Å². The van der Waals surface area contributed by atoms with Crippen molar-refractivity contribution in [1.82, 2.24) is 9.78 Å². The van der Waals surface area contributed by atoms with E-state index in [9.17, 15) is 4.79 Å². The van der Waals surface area contributed by atoms with Crippen LogP contribution in [-0.4, -0.2) is 15.7 Å². The number of rotatable bonds is 4. The van der Waals surface area contributed by atoms with Crippen LogP contribution in [0.4, 0.5) is 5.69 Å². The molecule has 2 N–H and O–H groups in total. The standard InChI is InChI=1S/C14H15BrClN3O2/c1-3-11-13(15)12(19(2)18-11)7-21-14(20)9-6-8(16)4-5-10(9)17/h4-6H,3,7,17H2,1-2H3. The number of aromatic nitrogens is 2. The Morgan fingerprint density at radius 3 is 2.86 bits per heavy atom. The highest BCUT2D eigenvalue weighted by Crippen LogP contribution is 2.23. The summed E-state index contributed by atoms with van der Waals surface area (Å²) in [5, 5.41) is 4.78. The molecule has 0 fully saturated rings. The number of aryl methyl sites for hydroxylation is 2. The van der Waals surface area contributed by atoms with Gasteiger partial charge in [0.05, 0.1) is 21.4 Å². The fourth-order valence-electron chi connectivity index (χ4n) is 1.89. The molecular formula is C14H15BrClN3O2. The summed E-state index contributed by atoms with van der Waals surface area (Å²) in [7, 11) is 1.81. The minimum absolute atomic E-state index is 0.106. The number of ether oxygens (including phenoxy) is 1. The van der Waals surface area contributed by atoms with E-state index in [0.717, 1.165) is 22.3 Å². The molecule has 0 amide bonds. The van der Waals surface area contributed by atoms with E-state index >= 15 is 0 Å². The van der Waals surface area contributed by atoms with Crippen molar-refractivity contribution in [1.29, 1.82) is 0 Å². The SMILES string of the molecule is CCc1nn(C)c(COC(=O)c2cc(Cl)ccc2N)c1Br. The molecule has 0 saturated heterocycles. The van der Waals surface area contributed by atoms with E-state index in [1.807, 2.05) is 6.92 Å². The van der Waals surface area contributed by atoms with E-state index in [1.54, 1.807) is 23.9 Å². The predicted molar refractivity (Wildman–Crippen MR) is 85.3 cm³/mol. The number of hydrogen-bond acceptors (Lipinski definition) is 4. The molecule has 0 atom stereocenters. The first-order valence-corrected chi connectivity index (χ1v) is 7.53. The Hall–Kier alpha value is -1.53. The second-order valence-electron chi connectivity index (χ2n) is 4.49. The predicted octanol–water partition coefficient (Wildman–Crippen LogP) is 3.34. The van der Waals surface area contributed by atoms with Gasteiger partial charge in [-0.3, -0.25) is 4.68 Å². The van der Waals surface area contributed by atoms with Gasteiger partial charge in [0.15, 0.2) is 0 Å². The van der Waals surface area contributed by atoms with Gasteiger partial charge in [-0.1, -0.05) is 18.5 Å². The van der Waals surface area contributed by atoms with Gasteiger partial charge in [-0.05, 0) is 40.5 Å². The lowest BCUT2D eigenvalue weighted by molar-refractivity contribution is 0.0464. The molecule has 1 heterocycles. The Balaban J connectivity index is 2.15. The summed E-state index contributed by atoms with van der Waals surface area (Å²) < 4.78 is 7.85. The molecule has 21 heavy (non-hydrogen) atoms. The highest BCUT2D eigenvalue weighted by Gasteiger charge is 2.16. The molecule has 0 aliphatic rings. The Morgan fingerprint density at radius 1 is 1.52 bits per heavy atom. The van der Waals surface area contributed by atoms with E-state index in [1.165, 1.54) is 6.07 Å². The molecule has 0 aliphatic heterocycles. The van der Waals surface area contributed by atoms with Crippen LogP contribution in [0.1, 0.15) is 28.7 Å². The van der Waals surface area contributed by atoms with E-state index < -0.39 is 5.97 Å². The Morgan fingerprint density at radius 2 is 2.24 bits per heavy atom. The summed E-state index contributed by atoms with van der Waals surface area (Å²) in [4.78, 5) is 12.1. The third-order valence-electron chi connectivity index (χ3n) is 3.08. The number of carbonyl (C=O) groups is 1. The third-order valence-corrected chi connectivity index (χ3v) is 4.23. The van der Waals surface area contributed by atoms with Crippen molar-refractivity contribution in [2.75, 3.05) is 5.73 Å². The maximum atomic E-state index is 12.1. The molecule has 2 aromatic rings. The number of esters is 1. The summed E-state index contributed by atoms with van der Waals surface area (Å²) in [6.45, 7) is 2.12. The molecule has 5 nitrogen and oxygen atoms in total. The molecule has 0 unspecified atom stereocenters. The molecule has 0 radical (unpaired) electrons. The van der Waals surface area contributed by atoms with E-state index in [-0.39, 0.29) is 12.2 Å². The smallest absolute Gasteiger partial charge is 0.340 e. The summed E-state index contributed by atoms with van der Waals surface area (Å²) in [6, 6.07) is 4.70. The van der Waals surface area contributed by atoms with Crippen LogP contribution < -0.4 is 5.73 Å². The first-order valence-electron chi connectivity index (χ1n) is 6.36. The van der Waals surface area contributed by atoms with Gasteiger partial charge >= 0.3 is 5.97 Å². The minimum atomic E-state index is -0.513. The van der Waals surface area contributed by atoms with Crippen LogP contribution in [0.3, 0.4) is 0 Å². The number of nitrogens with zero attached hydrogens (tertiary/aromatic N) is 2. The van der Waals surface area contributed by atoms with E-state index in [2.05, 4.69) is 21.0 Å². The third kappa shape index (κ3) is 3.39. The molecular weight excluding hydrogens is 358 g/mol. The number of benzene rings is 1. The van der Waals surface area contributed by atoms with Gasteiger partial charge in [0.2, 0.25) is 0 Å². The highest BCUT2D eigenvalue weighted by molar-refractivity contribution is 9.10. The van der Waals surface area contributed by atoms with Crippen molar-refractivity contribution >= 4 is 39.2 Å². The normalized spacial score (nSPS) is 10.7. The quantitative estimate of drug-likeness (QED) is 0.660. The van der Waals surface area contributed by atoms with Gasteiger partial charge in [-0.15, -0.1) is 0 Å². The van der Waals surface area contributed by atoms with E-state index in [4.69, 9.17) is 22.1 Å². The summed E-state index contributed by atoms with van der Waals surface area (Å²) >= 11 is 9.34. The zero-order chi connectivity index (χ0) is 15.6. The Kier molecular flexibility index (Phi) is 4.90. The van der Waals surface area contributed by atoms with Crippen molar-refractivity contribution in [3.8, 4) is 0 Å². The largest absolute Gasteiger partial charge is 0.455 e. The number of carbonyl (C=O) groups excluding carboxylic acids is 1. The van der Waals surface area contributed by atoms with Crippen LogP contribution in [-0.2, 0) is 24.8 Å². The number of anilines is 1. The second kappa shape index (κ2) is 6.49. The summed E-state index contributed by atoms with van der Waals surface area (Å²) in [6.07, 6.45) is 0.795. The number of nitrogens with two attached hydrogens (primary N) is 1. The minimum Gasteiger partial charge on any atom is -0.455 e. The number of halogens is 2. The molecule has 0 spiro atoms. The molecule has 0 aliphatic carbocycles. The average molecular weight is 373 g/mol. The Bertz CT molecular complexity index is 685. The highest BCUT2D eigenvalue weighted by atomic mass is 79.9. The average Bonchev–Trinajstić information content (AvgIpc) is 2.73. The molecule has 0 saturated carbocycles. The van der Waals surface area contributed by atoms with E-state index in [0.29, 0.717) is 10.7 Å². The van der Waals surface area contributed by atoms with Crippen molar-refractivity contribution < 1.29 is 9.53 Å². The zero-order valence-electron chi connectivity index (χ0n) is 11.7. The molecule has 0 bridgehead atoms. The van der Waals surface area contributed by atoms with Gasteiger partial charge in [-0.25, -0.2) is 4.79 Å². The molecule has 112 valence electrons. The molecule has 2 rings (SSSR count). The van der Waals surface area contributed by atoms with Gasteiger partial charge in [0.1, 0.15) is 6.61 Å². The first-order chi connectivity index (χ1) is 9.93. The molecule has 1 aromatic heterocycles. The fraction of sp³-hybridized carbons (Fsp3) is 0.286. The second-order valence-corrected chi connectivity index (χ2v) is 5.72. The van der Waals surface area contributed by atoms with Gasteiger partial charge in [-0.2, -0.15) is 5.10 Å². The van der Waals surface area contributed by atoms with Gasteiger partial charge in [0, 0.05) is 17.8 Å². The first kappa shape index (κ1) is 15.9. The van der Waals surface area contributed by atoms with Gasteiger partial charge in [0.25, 0.3) is 0 Å². The van der Waals surface area contributed by atoms with Crippen molar-refractivity contribution in [3.63, 3.8) is 0 Å². The van der Waals surface area contributed by atoms with Crippen molar-refractivity contribution in [2.24, 2.45) is 7.05 Å². The van der Waals surface area contributed by atoms with Crippen LogP contribution >= 0.6 is 27.5 Å². The number of nitrogen functional groups attached to an aromatic ring is 1. The van der Waals surface area contributed by atoms with Crippen LogP contribution in [0.2, 0.25) is 5.02 Å². The zero-order valence-corrected chi connectivity index (χ0v) is 14.0. The molecule has 1 aromatic carbocycles. The van der Waals surface area contributed by atoms with Crippen molar-refractivity contribution in [3.05, 3.63) is 44.6 Å². The molecule has 7 heteroatoms. The van der Waals surface area contributed by atoms with Crippen LogP contribution in [0, 0.1) is 0 Å². The van der Waals surface area contributed by atoms with Crippen molar-refractivity contribution in [2.45, 2.75) is 20.0 Å². The topological polar surface area (TPSA) is 70.1 Å². The fourth-order valence-corrected chi connectivity index (χ4v) is 2.80. The summed E-state index contributed by atoms with van der Waals surface area (Å²) in [5.41, 5.74) is 8.07. The van der Waals surface area contributed by atoms with Crippen LogP contribution in [0.15, 0.2) is 22.7 Å².